The van der Waals surface area contributed by atoms with Crippen molar-refractivity contribution in [3.8, 4) is 0 Å². The molecule has 1 radical (unpaired) electrons. The molecule has 0 spiro atoms. The standard InChI is InChI=1S/2C3H10Si.Sc/c2*1-4(2)3;/h2*4H,1-3H3;. The molecule has 0 rings (SSSR count). The molecule has 0 N–H and O–H groups in total. The zero-order valence-corrected chi connectivity index (χ0v) is 11.8. The van der Waals surface area contributed by atoms with Crippen molar-refractivity contribution in [3.63, 3.8) is 0 Å². The fourth-order valence-corrected chi connectivity index (χ4v) is 0. The quantitative estimate of drug-likeness (QED) is 0.517. The Hall–Kier alpha value is 1.30. The Morgan fingerprint density at radius 1 is 0.556 bits per heavy atom. The van der Waals surface area contributed by atoms with Gasteiger partial charge < -0.3 is 0 Å². The zero-order chi connectivity index (χ0) is 7.15. The van der Waals surface area contributed by atoms with E-state index in [2.05, 4.69) is 39.3 Å². The molecule has 0 bridgehead atoms. The van der Waals surface area contributed by atoms with E-state index in [1.54, 1.807) is 0 Å². The molecule has 0 nitrogen and oxygen atoms in total. The summed E-state index contributed by atoms with van der Waals surface area (Å²) in [6.45, 7) is 13.8. The van der Waals surface area contributed by atoms with Gasteiger partial charge in [0.15, 0.2) is 0 Å². The van der Waals surface area contributed by atoms with Crippen molar-refractivity contribution in [2.75, 3.05) is 0 Å². The molecule has 0 atom stereocenters. The Labute approximate surface area is 82.4 Å². The van der Waals surface area contributed by atoms with Crippen molar-refractivity contribution in [3.05, 3.63) is 0 Å². The van der Waals surface area contributed by atoms with Crippen LogP contribution in [0.2, 0.25) is 39.3 Å². The van der Waals surface area contributed by atoms with Crippen LogP contribution in [-0.2, 0) is 25.8 Å². The van der Waals surface area contributed by atoms with Crippen LogP contribution in [0.15, 0.2) is 0 Å². The summed E-state index contributed by atoms with van der Waals surface area (Å²) in [7, 11) is -0.278. The van der Waals surface area contributed by atoms with Crippen LogP contribution in [0.1, 0.15) is 0 Å². The van der Waals surface area contributed by atoms with Gasteiger partial charge in [0.1, 0.15) is 0 Å². The Bertz CT molecular complexity index is 26.5. The first-order valence-corrected chi connectivity index (χ1v) is 10.4. The molecule has 0 aromatic rings. The predicted octanol–water partition coefficient (Wildman–Crippen LogP) is 2.20. The predicted molar refractivity (Wildman–Crippen MR) is 49.5 cm³/mol. The Morgan fingerprint density at radius 2 is 0.556 bits per heavy atom. The van der Waals surface area contributed by atoms with Gasteiger partial charge in [0, 0.05) is 43.4 Å². The summed E-state index contributed by atoms with van der Waals surface area (Å²) in [6.07, 6.45) is 0. The third-order valence-electron chi connectivity index (χ3n) is 0. The minimum atomic E-state index is -0.139. The van der Waals surface area contributed by atoms with Crippen LogP contribution in [0.5, 0.6) is 0 Å². The van der Waals surface area contributed by atoms with E-state index in [0.717, 1.165) is 0 Å². The third-order valence-corrected chi connectivity index (χ3v) is 0. The Kier molecular flexibility index (Phi) is 22.3. The van der Waals surface area contributed by atoms with Crippen molar-refractivity contribution in [2.45, 2.75) is 39.3 Å². The van der Waals surface area contributed by atoms with Crippen LogP contribution in [0.3, 0.4) is 0 Å². The first-order valence-electron chi connectivity index (χ1n) is 3.46. The van der Waals surface area contributed by atoms with E-state index in [1.807, 2.05) is 0 Å². The van der Waals surface area contributed by atoms with Crippen LogP contribution in [0, 0.1) is 0 Å². The second kappa shape index (κ2) is 12.0. The molecule has 55 valence electrons. The zero-order valence-electron chi connectivity index (χ0n) is 7.73. The molecular weight excluding hydrogens is 173 g/mol. The average molecular weight is 193 g/mol. The van der Waals surface area contributed by atoms with Crippen molar-refractivity contribution in [1.82, 2.24) is 0 Å². The van der Waals surface area contributed by atoms with E-state index >= 15 is 0 Å². The smallest absolute Gasteiger partial charge is 0.0274 e. The van der Waals surface area contributed by atoms with Gasteiger partial charge in [-0.3, -0.25) is 0 Å². The summed E-state index contributed by atoms with van der Waals surface area (Å²) < 4.78 is 0. The maximum absolute atomic E-state index is 2.31. The molecule has 0 fully saturated rings. The molecule has 0 aromatic carbocycles. The monoisotopic (exact) mass is 193 g/mol. The summed E-state index contributed by atoms with van der Waals surface area (Å²) in [6, 6.07) is 0. The van der Waals surface area contributed by atoms with E-state index in [-0.39, 0.29) is 43.4 Å². The van der Waals surface area contributed by atoms with Gasteiger partial charge in [0.25, 0.3) is 0 Å². The molecule has 0 aromatic heterocycles. The minimum Gasteiger partial charge on any atom is -0.0724 e. The van der Waals surface area contributed by atoms with Gasteiger partial charge in [-0.2, -0.15) is 0 Å². The van der Waals surface area contributed by atoms with Gasteiger partial charge in [-0.25, -0.2) is 0 Å². The van der Waals surface area contributed by atoms with Crippen molar-refractivity contribution in [1.29, 1.82) is 0 Å². The van der Waals surface area contributed by atoms with Crippen LogP contribution < -0.4 is 0 Å². The van der Waals surface area contributed by atoms with E-state index in [1.165, 1.54) is 0 Å². The topological polar surface area (TPSA) is 0 Å². The van der Waals surface area contributed by atoms with Crippen molar-refractivity contribution < 1.29 is 25.8 Å². The average Bonchev–Trinajstić information content (AvgIpc) is 1.25. The van der Waals surface area contributed by atoms with Crippen molar-refractivity contribution in [2.24, 2.45) is 0 Å². The van der Waals surface area contributed by atoms with Crippen LogP contribution in [0.4, 0.5) is 0 Å². The first kappa shape index (κ1) is 16.7. The summed E-state index contributed by atoms with van der Waals surface area (Å²) in [5, 5.41) is 0. The number of rotatable bonds is 0. The van der Waals surface area contributed by atoms with Gasteiger partial charge in [-0.15, -0.1) is 0 Å². The Morgan fingerprint density at radius 3 is 0.556 bits per heavy atom. The molecule has 0 aliphatic rings. The molecule has 9 heavy (non-hydrogen) atoms. The summed E-state index contributed by atoms with van der Waals surface area (Å²) in [5.74, 6) is 0. The molecule has 0 amide bonds. The first-order chi connectivity index (χ1) is 3.46. The molecule has 0 aliphatic heterocycles. The molecule has 3 heteroatoms. The largest absolute Gasteiger partial charge is 0.0724 e. The van der Waals surface area contributed by atoms with E-state index in [0.29, 0.717) is 0 Å². The van der Waals surface area contributed by atoms with E-state index in [9.17, 15) is 0 Å². The summed E-state index contributed by atoms with van der Waals surface area (Å²) in [5.41, 5.74) is 0. The summed E-state index contributed by atoms with van der Waals surface area (Å²) >= 11 is 0. The number of hydrogen-bond donors (Lipinski definition) is 0. The second-order valence-corrected chi connectivity index (χ2v) is 10.4. The van der Waals surface area contributed by atoms with Crippen LogP contribution in [-0.4, -0.2) is 17.6 Å². The van der Waals surface area contributed by atoms with Gasteiger partial charge in [0.2, 0.25) is 0 Å². The fraction of sp³-hybridized carbons (Fsp3) is 1.00. The molecule has 0 saturated heterocycles. The summed E-state index contributed by atoms with van der Waals surface area (Å²) in [4.78, 5) is 0. The van der Waals surface area contributed by atoms with Gasteiger partial charge in [-0.05, 0) is 0 Å². The van der Waals surface area contributed by atoms with Gasteiger partial charge in [-0.1, -0.05) is 39.3 Å². The SMILES string of the molecule is C[SiH](C)C.C[SiH](C)C.[Sc]. The molecule has 0 aliphatic carbocycles. The van der Waals surface area contributed by atoms with Crippen molar-refractivity contribution >= 4 is 17.6 Å². The van der Waals surface area contributed by atoms with Crippen LogP contribution >= 0.6 is 0 Å². The fourth-order valence-electron chi connectivity index (χ4n) is 0. The normalized spacial score (nSPS) is 8.00. The Balaban J connectivity index is -0.0000000720. The van der Waals surface area contributed by atoms with Gasteiger partial charge in [0.05, 0.1) is 0 Å². The molecule has 0 heterocycles. The second-order valence-electron chi connectivity index (χ2n) is 3.46. The van der Waals surface area contributed by atoms with Gasteiger partial charge >= 0.3 is 0 Å². The third kappa shape index (κ3) is 292. The van der Waals surface area contributed by atoms with Crippen LogP contribution in [0.25, 0.3) is 0 Å². The maximum atomic E-state index is 2.31. The minimum absolute atomic E-state index is 0. The maximum Gasteiger partial charge on any atom is 0.0274 e. The molecular formula is C6H20ScSi2. The van der Waals surface area contributed by atoms with E-state index in [4.69, 9.17) is 0 Å². The number of hydrogen-bond acceptors (Lipinski definition) is 0. The van der Waals surface area contributed by atoms with E-state index < -0.39 is 0 Å². The molecule has 0 unspecified atom stereocenters. The molecule has 0 saturated carbocycles.